The fraction of sp³-hybridized carbons (Fsp3) is 0.750. The summed E-state index contributed by atoms with van der Waals surface area (Å²) in [5.41, 5.74) is 0. The minimum Gasteiger partial charge on any atom is -0.455 e. The molecule has 1 aliphatic heterocycles. The predicted molar refractivity (Wildman–Crippen MR) is 63.5 cm³/mol. The highest BCUT2D eigenvalue weighted by atomic mass is 19.1. The van der Waals surface area contributed by atoms with Crippen LogP contribution in [0.25, 0.3) is 0 Å². The number of esters is 3. The zero-order valence-electron chi connectivity index (χ0n) is 11.8. The SMILES string of the molecule is CC(=O)OC1O[C@H](CO)[C@@H](F)[C@H](OC(C)=O)[C@H]1OC(C)=O. The molecule has 1 heterocycles. The van der Waals surface area contributed by atoms with Crippen molar-refractivity contribution in [3.05, 3.63) is 0 Å². The first-order valence-corrected chi connectivity index (χ1v) is 6.18. The minimum atomic E-state index is -1.95. The first-order chi connectivity index (χ1) is 9.76. The maximum Gasteiger partial charge on any atom is 0.305 e. The lowest BCUT2D eigenvalue weighted by molar-refractivity contribution is -0.288. The van der Waals surface area contributed by atoms with Gasteiger partial charge in [0.15, 0.2) is 12.3 Å². The summed E-state index contributed by atoms with van der Waals surface area (Å²) < 4.78 is 33.7. The molecule has 0 saturated carbocycles. The van der Waals surface area contributed by atoms with Crippen LogP contribution in [0.5, 0.6) is 0 Å². The number of alkyl halides is 1. The van der Waals surface area contributed by atoms with Crippen molar-refractivity contribution < 1.29 is 42.8 Å². The third-order valence-electron chi connectivity index (χ3n) is 2.64. The smallest absolute Gasteiger partial charge is 0.305 e. The molecular formula is C12H17FO8. The molecular weight excluding hydrogens is 291 g/mol. The molecule has 0 spiro atoms. The first kappa shape index (κ1) is 17.3. The highest BCUT2D eigenvalue weighted by Crippen LogP contribution is 2.29. The van der Waals surface area contributed by atoms with Gasteiger partial charge < -0.3 is 24.1 Å². The van der Waals surface area contributed by atoms with E-state index in [0.717, 1.165) is 20.8 Å². The van der Waals surface area contributed by atoms with Crippen LogP contribution in [0.2, 0.25) is 0 Å². The molecule has 1 unspecified atom stereocenters. The second kappa shape index (κ2) is 7.32. The van der Waals surface area contributed by atoms with Crippen LogP contribution in [-0.4, -0.2) is 60.4 Å². The van der Waals surface area contributed by atoms with Gasteiger partial charge in [-0.3, -0.25) is 14.4 Å². The average Bonchev–Trinajstić information content (AvgIpc) is 2.35. The van der Waals surface area contributed by atoms with Crippen LogP contribution in [0.1, 0.15) is 20.8 Å². The summed E-state index contributed by atoms with van der Waals surface area (Å²) in [5.74, 6) is -2.39. The molecule has 0 aromatic rings. The Hall–Kier alpha value is -1.74. The van der Waals surface area contributed by atoms with E-state index in [2.05, 4.69) is 0 Å². The van der Waals surface area contributed by atoms with Crippen molar-refractivity contribution in [1.82, 2.24) is 0 Å². The normalized spacial score (nSPS) is 32.1. The molecule has 1 fully saturated rings. The molecule has 0 amide bonds. The lowest BCUT2D eigenvalue weighted by Gasteiger charge is -2.40. The van der Waals surface area contributed by atoms with Gasteiger partial charge >= 0.3 is 17.9 Å². The summed E-state index contributed by atoms with van der Waals surface area (Å²) in [6, 6.07) is 0. The number of rotatable bonds is 4. The standard InChI is InChI=1S/C12H17FO8/c1-5(15)18-10-9(13)8(4-14)21-12(20-7(3)17)11(10)19-6(2)16/h8-12,14H,4H2,1-3H3/t8-,9-,10+,11-,12?/m1/s1. The number of aliphatic hydroxyl groups is 1. The van der Waals surface area contributed by atoms with Gasteiger partial charge in [-0.15, -0.1) is 0 Å². The van der Waals surface area contributed by atoms with E-state index in [9.17, 15) is 18.8 Å². The Morgan fingerprint density at radius 1 is 1.00 bits per heavy atom. The second-order valence-electron chi connectivity index (χ2n) is 4.43. The lowest BCUT2D eigenvalue weighted by atomic mass is 10.00. The van der Waals surface area contributed by atoms with Gasteiger partial charge in [0.25, 0.3) is 0 Å². The van der Waals surface area contributed by atoms with Crippen LogP contribution < -0.4 is 0 Å². The van der Waals surface area contributed by atoms with Crippen molar-refractivity contribution in [1.29, 1.82) is 0 Å². The molecule has 0 aliphatic carbocycles. The number of halogens is 1. The number of aliphatic hydroxyl groups excluding tert-OH is 1. The van der Waals surface area contributed by atoms with Gasteiger partial charge in [-0.05, 0) is 0 Å². The van der Waals surface area contributed by atoms with Crippen molar-refractivity contribution in [2.75, 3.05) is 6.61 Å². The minimum absolute atomic E-state index is 0.733. The van der Waals surface area contributed by atoms with Crippen LogP contribution in [0.15, 0.2) is 0 Å². The Kier molecular flexibility index (Phi) is 6.03. The number of carbonyl (C=O) groups excluding carboxylic acids is 3. The average molecular weight is 308 g/mol. The number of carbonyl (C=O) groups is 3. The molecule has 9 heteroatoms. The maximum atomic E-state index is 14.2. The fourth-order valence-electron chi connectivity index (χ4n) is 1.91. The summed E-state index contributed by atoms with van der Waals surface area (Å²) in [6.45, 7) is 2.44. The van der Waals surface area contributed by atoms with Crippen molar-refractivity contribution in [2.45, 2.75) is 51.5 Å². The summed E-state index contributed by atoms with van der Waals surface area (Å²) >= 11 is 0. The third-order valence-corrected chi connectivity index (χ3v) is 2.64. The van der Waals surface area contributed by atoms with Gasteiger partial charge in [0.05, 0.1) is 6.61 Å². The summed E-state index contributed by atoms with van der Waals surface area (Å²) in [7, 11) is 0. The van der Waals surface area contributed by atoms with Gasteiger partial charge in [0, 0.05) is 20.8 Å². The Balaban J connectivity index is 3.05. The van der Waals surface area contributed by atoms with E-state index in [-0.39, 0.29) is 0 Å². The molecule has 1 N–H and O–H groups in total. The van der Waals surface area contributed by atoms with Gasteiger partial charge in [0.1, 0.15) is 6.10 Å². The fourth-order valence-corrected chi connectivity index (χ4v) is 1.91. The van der Waals surface area contributed by atoms with Crippen LogP contribution in [-0.2, 0) is 33.3 Å². The van der Waals surface area contributed by atoms with Gasteiger partial charge in [-0.2, -0.15) is 0 Å². The predicted octanol–water partition coefficient (Wildman–Crippen LogP) is -0.532. The van der Waals surface area contributed by atoms with E-state index in [1.807, 2.05) is 0 Å². The van der Waals surface area contributed by atoms with Crippen molar-refractivity contribution in [2.24, 2.45) is 0 Å². The van der Waals surface area contributed by atoms with E-state index >= 15 is 0 Å². The summed E-state index contributed by atoms with van der Waals surface area (Å²) in [5, 5.41) is 9.08. The Morgan fingerprint density at radius 3 is 1.90 bits per heavy atom. The van der Waals surface area contributed by atoms with Crippen molar-refractivity contribution in [3.63, 3.8) is 0 Å². The molecule has 120 valence electrons. The zero-order valence-corrected chi connectivity index (χ0v) is 11.8. The highest BCUT2D eigenvalue weighted by Gasteiger charge is 2.51. The molecule has 1 aliphatic rings. The highest BCUT2D eigenvalue weighted by molar-refractivity contribution is 5.68. The first-order valence-electron chi connectivity index (χ1n) is 6.18. The lowest BCUT2D eigenvalue weighted by Crippen LogP contribution is -2.60. The van der Waals surface area contributed by atoms with E-state index in [1.54, 1.807) is 0 Å². The summed E-state index contributed by atoms with van der Waals surface area (Å²) in [6.07, 6.45) is -7.84. The number of ether oxygens (including phenoxy) is 4. The quantitative estimate of drug-likeness (QED) is 0.545. The molecule has 5 atom stereocenters. The van der Waals surface area contributed by atoms with E-state index in [4.69, 9.17) is 24.1 Å². The molecule has 0 aromatic carbocycles. The number of hydrogen-bond acceptors (Lipinski definition) is 8. The van der Waals surface area contributed by atoms with Crippen LogP contribution in [0, 0.1) is 0 Å². The maximum absolute atomic E-state index is 14.2. The van der Waals surface area contributed by atoms with Crippen LogP contribution in [0.4, 0.5) is 4.39 Å². The largest absolute Gasteiger partial charge is 0.455 e. The molecule has 0 aromatic heterocycles. The molecule has 21 heavy (non-hydrogen) atoms. The topological polar surface area (TPSA) is 108 Å². The van der Waals surface area contributed by atoms with Gasteiger partial charge in [0.2, 0.25) is 12.4 Å². The molecule has 0 radical (unpaired) electrons. The molecule has 8 nitrogen and oxygen atoms in total. The van der Waals surface area contributed by atoms with Crippen LogP contribution >= 0.6 is 0 Å². The van der Waals surface area contributed by atoms with E-state index in [1.165, 1.54) is 0 Å². The Labute approximate surface area is 120 Å². The summed E-state index contributed by atoms with van der Waals surface area (Å²) in [4.78, 5) is 33.2. The third kappa shape index (κ3) is 4.64. The van der Waals surface area contributed by atoms with Gasteiger partial charge in [-0.25, -0.2) is 4.39 Å². The van der Waals surface area contributed by atoms with Gasteiger partial charge in [-0.1, -0.05) is 0 Å². The molecule has 0 bridgehead atoms. The van der Waals surface area contributed by atoms with Crippen molar-refractivity contribution >= 4 is 17.9 Å². The Bertz CT molecular complexity index is 412. The van der Waals surface area contributed by atoms with Crippen molar-refractivity contribution in [3.8, 4) is 0 Å². The molecule has 1 rings (SSSR count). The Morgan fingerprint density at radius 2 is 1.48 bits per heavy atom. The number of hydrogen-bond donors (Lipinski definition) is 1. The van der Waals surface area contributed by atoms with E-state index < -0.39 is 55.3 Å². The second-order valence-corrected chi connectivity index (χ2v) is 4.43. The zero-order chi connectivity index (χ0) is 16.2. The van der Waals surface area contributed by atoms with Crippen LogP contribution in [0.3, 0.4) is 0 Å². The monoisotopic (exact) mass is 308 g/mol. The van der Waals surface area contributed by atoms with E-state index in [0.29, 0.717) is 0 Å². The molecule has 1 saturated heterocycles.